The van der Waals surface area contributed by atoms with Crippen molar-refractivity contribution in [3.63, 3.8) is 0 Å². The Bertz CT molecular complexity index is 2060. The molecular formula is C42H50F5N5O3S. The Morgan fingerprint density at radius 2 is 1.91 bits per heavy atom. The molecule has 1 aromatic heterocycles. The third kappa shape index (κ3) is 10.5. The highest BCUT2D eigenvalue weighted by molar-refractivity contribution is 7.99. The molecule has 2 bridgehead atoms. The van der Waals surface area contributed by atoms with E-state index in [1.165, 1.54) is 25.2 Å². The Morgan fingerprint density at radius 3 is 2.64 bits per heavy atom. The molecule has 3 aromatic carbocycles. The summed E-state index contributed by atoms with van der Waals surface area (Å²) in [5.41, 5.74) is 8.00. The molecule has 2 atom stereocenters. The number of nitrogens with two attached hydrogens (primary N) is 1. The third-order valence-corrected chi connectivity index (χ3v) is 11.6. The van der Waals surface area contributed by atoms with Gasteiger partial charge in [-0.2, -0.15) is 24.9 Å². The first-order valence-electron chi connectivity index (χ1n) is 18.7. The number of hydrogen-bond donors (Lipinski definition) is 3. The van der Waals surface area contributed by atoms with E-state index in [-0.39, 0.29) is 53.3 Å². The van der Waals surface area contributed by atoms with Gasteiger partial charge in [-0.25, -0.2) is 13.8 Å². The number of aliphatic imine (C=N–C) groups is 2. The Morgan fingerprint density at radius 1 is 1.12 bits per heavy atom. The van der Waals surface area contributed by atoms with Crippen LogP contribution in [0.3, 0.4) is 0 Å². The highest BCUT2D eigenvalue weighted by atomic mass is 32.2. The number of carbonyl (C=O) groups excluding carboxylic acids is 1. The normalized spacial score (nSPS) is 19.7. The SMILES string of the molecule is CCOC(=O)C(C)Cc1cccc(C2(CNCC(F)(F)F)CCCC(C)(C)CSCCc3c(c(F)cc4[nH]ccc34)Oc3ccc(F)c(c3)C(=NC)N=C2N)c1. The first-order valence-corrected chi connectivity index (χ1v) is 19.9. The summed E-state index contributed by atoms with van der Waals surface area (Å²) >= 11 is 1.72. The number of alkyl halides is 3. The van der Waals surface area contributed by atoms with Gasteiger partial charge in [0, 0.05) is 42.3 Å². The molecule has 0 fully saturated rings. The lowest BCUT2D eigenvalue weighted by atomic mass is 9.73. The highest BCUT2D eigenvalue weighted by Crippen LogP contribution is 2.39. The number of aromatic amines is 1. The van der Waals surface area contributed by atoms with Crippen LogP contribution in [-0.2, 0) is 27.8 Å². The van der Waals surface area contributed by atoms with Gasteiger partial charge in [0.15, 0.2) is 17.4 Å². The lowest BCUT2D eigenvalue weighted by Crippen LogP contribution is -2.51. The van der Waals surface area contributed by atoms with E-state index in [9.17, 15) is 18.0 Å². The molecule has 1 aliphatic rings. The minimum Gasteiger partial charge on any atom is -0.466 e. The van der Waals surface area contributed by atoms with Crippen LogP contribution in [0.25, 0.3) is 10.9 Å². The number of hydrogen-bond acceptors (Lipinski definition) is 7. The van der Waals surface area contributed by atoms with Crippen LogP contribution in [0.5, 0.6) is 11.5 Å². The van der Waals surface area contributed by atoms with Crippen LogP contribution in [0.15, 0.2) is 70.8 Å². The van der Waals surface area contributed by atoms with E-state index in [4.69, 9.17) is 15.2 Å². The van der Waals surface area contributed by atoms with Crippen LogP contribution in [-0.4, -0.2) is 67.1 Å². The molecule has 0 aliphatic carbocycles. The highest BCUT2D eigenvalue weighted by Gasteiger charge is 2.39. The van der Waals surface area contributed by atoms with E-state index in [0.717, 1.165) is 22.8 Å². The molecule has 4 aromatic rings. The summed E-state index contributed by atoms with van der Waals surface area (Å²) in [6.07, 6.45) is -0.419. The molecular weight excluding hydrogens is 750 g/mol. The van der Waals surface area contributed by atoms with E-state index in [1.54, 1.807) is 43.9 Å². The van der Waals surface area contributed by atoms with Crippen molar-refractivity contribution >= 4 is 40.3 Å². The molecule has 0 amide bonds. The van der Waals surface area contributed by atoms with Crippen LogP contribution < -0.4 is 15.8 Å². The van der Waals surface area contributed by atoms with Crippen molar-refractivity contribution in [1.82, 2.24) is 10.3 Å². The molecule has 2 heterocycles. The number of nitrogens with one attached hydrogen (secondary N) is 2. The minimum atomic E-state index is -4.51. The lowest BCUT2D eigenvalue weighted by molar-refractivity contribution is -0.147. The van der Waals surface area contributed by atoms with E-state index in [0.29, 0.717) is 54.5 Å². The first-order chi connectivity index (χ1) is 26.6. The molecule has 56 heavy (non-hydrogen) atoms. The van der Waals surface area contributed by atoms with E-state index >= 15 is 8.78 Å². The predicted molar refractivity (Wildman–Crippen MR) is 214 cm³/mol. The summed E-state index contributed by atoms with van der Waals surface area (Å²) in [6.45, 7) is 6.45. The Labute approximate surface area is 328 Å². The van der Waals surface area contributed by atoms with Crippen molar-refractivity contribution in [2.75, 3.05) is 38.2 Å². The number of rotatable bonds is 8. The zero-order chi connectivity index (χ0) is 40.7. The van der Waals surface area contributed by atoms with Gasteiger partial charge in [0.1, 0.15) is 17.4 Å². The molecule has 14 heteroatoms. The molecule has 8 nitrogen and oxygen atoms in total. The molecule has 1 aliphatic heterocycles. The van der Waals surface area contributed by atoms with Gasteiger partial charge in [0.05, 0.1) is 30.0 Å². The second-order valence-electron chi connectivity index (χ2n) is 15.1. The number of aromatic nitrogens is 1. The number of carbonyl (C=O) groups is 1. The molecule has 5 rings (SSSR count). The second-order valence-corrected chi connectivity index (χ2v) is 16.2. The fourth-order valence-corrected chi connectivity index (χ4v) is 8.38. The predicted octanol–water partition coefficient (Wildman–Crippen LogP) is 9.29. The number of H-pyrrole nitrogens is 1. The fraction of sp³-hybridized carbons (Fsp3) is 0.452. The molecule has 0 spiro atoms. The van der Waals surface area contributed by atoms with Gasteiger partial charge in [-0.05, 0) is 84.9 Å². The standard InChI is InChI=1S/C42H50F5N5O3S/c1-6-54-38(53)26(2)19-27-9-7-10-28(20-27)41(23-50-24-42(45,46)47)16-8-15-40(3,4)25-56-18-14-31-30-13-17-51-35(30)22-34(44)36(31)55-29-11-12-33(43)32(21-29)37(49-5)52-39(41)48/h7,9-13,17,20-22,26,50-51H,6,8,14-16,18-19,23-25H2,1-5H3,(H2,48,49,52). The number of esters is 1. The van der Waals surface area contributed by atoms with Gasteiger partial charge in [-0.3, -0.25) is 9.79 Å². The van der Waals surface area contributed by atoms with Crippen molar-refractivity contribution in [3.8, 4) is 11.5 Å². The van der Waals surface area contributed by atoms with Crippen molar-refractivity contribution < 1.29 is 36.2 Å². The van der Waals surface area contributed by atoms with E-state index in [2.05, 4.69) is 34.1 Å². The number of ether oxygens (including phenoxy) is 2. The first kappa shape index (κ1) is 42.7. The summed E-state index contributed by atoms with van der Waals surface area (Å²) in [5, 5.41) is 3.41. The monoisotopic (exact) mass is 799 g/mol. The molecule has 0 saturated heterocycles. The fourth-order valence-electron chi connectivity index (χ4n) is 7.19. The number of nitrogens with zero attached hydrogens (tertiary/aromatic N) is 2. The summed E-state index contributed by atoms with van der Waals surface area (Å²) in [5.74, 6) is -0.765. The largest absolute Gasteiger partial charge is 0.466 e. The van der Waals surface area contributed by atoms with Gasteiger partial charge in [-0.1, -0.05) is 51.5 Å². The average Bonchev–Trinajstić information content (AvgIpc) is 3.61. The van der Waals surface area contributed by atoms with Gasteiger partial charge in [0.25, 0.3) is 0 Å². The van der Waals surface area contributed by atoms with Gasteiger partial charge in [-0.15, -0.1) is 0 Å². The topological polar surface area (TPSA) is 114 Å². The van der Waals surface area contributed by atoms with Gasteiger partial charge in [0.2, 0.25) is 0 Å². The molecule has 0 radical (unpaired) electrons. The maximum Gasteiger partial charge on any atom is 0.401 e. The minimum absolute atomic E-state index is 0.0283. The Hall–Kier alpha value is -4.43. The van der Waals surface area contributed by atoms with Crippen LogP contribution in [0.1, 0.15) is 69.2 Å². The van der Waals surface area contributed by atoms with Gasteiger partial charge < -0.3 is 25.5 Å². The maximum absolute atomic E-state index is 15.7. The van der Waals surface area contributed by atoms with Crippen LogP contribution >= 0.6 is 11.8 Å². The van der Waals surface area contributed by atoms with Crippen LogP contribution in [0.2, 0.25) is 0 Å². The zero-order valence-electron chi connectivity index (χ0n) is 32.4. The van der Waals surface area contributed by atoms with Crippen molar-refractivity contribution in [1.29, 1.82) is 0 Å². The number of halogens is 5. The van der Waals surface area contributed by atoms with Crippen LogP contribution in [0.4, 0.5) is 22.0 Å². The maximum atomic E-state index is 15.7. The zero-order valence-corrected chi connectivity index (χ0v) is 33.2. The summed E-state index contributed by atoms with van der Waals surface area (Å²) in [6, 6.07) is 14.4. The molecule has 2 unspecified atom stereocenters. The van der Waals surface area contributed by atoms with Crippen molar-refractivity contribution in [2.45, 2.75) is 71.4 Å². The van der Waals surface area contributed by atoms with E-state index < -0.39 is 35.7 Å². The third-order valence-electron chi connectivity index (χ3n) is 10.1. The summed E-state index contributed by atoms with van der Waals surface area (Å²) in [4.78, 5) is 24.6. The summed E-state index contributed by atoms with van der Waals surface area (Å²) < 4.78 is 83.8. The lowest BCUT2D eigenvalue weighted by Gasteiger charge is -2.36. The smallest absolute Gasteiger partial charge is 0.401 e. The number of thioether (sulfide) groups is 1. The number of aryl methyl sites for hydroxylation is 1. The molecule has 4 N–H and O–H groups in total. The number of amidine groups is 2. The second kappa shape index (κ2) is 18.2. The Kier molecular flexibility index (Phi) is 13.9. The van der Waals surface area contributed by atoms with Crippen LogP contribution in [0, 0.1) is 23.0 Å². The van der Waals surface area contributed by atoms with Crippen molar-refractivity contribution in [3.05, 3.63) is 94.7 Å². The summed E-state index contributed by atoms with van der Waals surface area (Å²) in [7, 11) is 1.41. The quantitative estimate of drug-likeness (QED) is 0.121. The van der Waals surface area contributed by atoms with Gasteiger partial charge >= 0.3 is 12.1 Å². The number of benzene rings is 3. The Balaban J connectivity index is 1.66. The average molecular weight is 800 g/mol. The number of fused-ring (bicyclic) bond motifs is 5. The molecule has 302 valence electrons. The van der Waals surface area contributed by atoms with E-state index in [1.807, 2.05) is 18.2 Å². The van der Waals surface area contributed by atoms with Crippen molar-refractivity contribution in [2.24, 2.45) is 27.1 Å². The molecule has 0 saturated carbocycles.